The maximum absolute atomic E-state index is 12.5. The lowest BCUT2D eigenvalue weighted by molar-refractivity contribution is -0.138. The Labute approximate surface area is 132 Å². The number of phenolic OH excluding ortho intramolecular Hbond substituents is 1. The molecule has 120 valence electrons. The Bertz CT molecular complexity index is 504. The van der Waals surface area contributed by atoms with E-state index >= 15 is 0 Å². The number of nitrogens with zero attached hydrogens (tertiary/aromatic N) is 2. The normalized spacial score (nSPS) is 21.0. The van der Waals surface area contributed by atoms with Crippen molar-refractivity contribution in [3.05, 3.63) is 29.8 Å². The molecule has 0 unspecified atom stereocenters. The topological polar surface area (TPSA) is 43.8 Å². The average molecular weight is 302 g/mol. The number of amides is 1. The highest BCUT2D eigenvalue weighted by Crippen LogP contribution is 2.24. The van der Waals surface area contributed by atoms with E-state index in [0.29, 0.717) is 11.7 Å². The van der Waals surface area contributed by atoms with Gasteiger partial charge in [0.2, 0.25) is 5.91 Å². The molecule has 1 aromatic rings. The smallest absolute Gasteiger partial charge is 0.225 e. The van der Waals surface area contributed by atoms with Gasteiger partial charge in [-0.25, -0.2) is 0 Å². The largest absolute Gasteiger partial charge is 0.508 e. The summed E-state index contributed by atoms with van der Waals surface area (Å²) in [7, 11) is 0. The van der Waals surface area contributed by atoms with E-state index in [-0.39, 0.29) is 5.92 Å². The fraction of sp³-hybridized carbons (Fsp3) is 0.611. The molecule has 22 heavy (non-hydrogen) atoms. The van der Waals surface area contributed by atoms with Crippen molar-refractivity contribution in [3.8, 4) is 5.75 Å². The Balaban J connectivity index is 1.50. The van der Waals surface area contributed by atoms with Crippen LogP contribution < -0.4 is 0 Å². The maximum Gasteiger partial charge on any atom is 0.225 e. The van der Waals surface area contributed by atoms with Crippen LogP contribution in [0.5, 0.6) is 5.75 Å². The molecule has 0 aromatic heterocycles. The van der Waals surface area contributed by atoms with Gasteiger partial charge >= 0.3 is 0 Å². The summed E-state index contributed by atoms with van der Waals surface area (Å²) in [4.78, 5) is 17.0. The lowest BCUT2D eigenvalue weighted by Gasteiger charge is -2.35. The van der Waals surface area contributed by atoms with Crippen LogP contribution in [0, 0.1) is 5.92 Å². The monoisotopic (exact) mass is 302 g/mol. The molecular weight excluding hydrogens is 276 g/mol. The number of phenols is 1. The van der Waals surface area contributed by atoms with E-state index in [0.717, 1.165) is 64.0 Å². The molecule has 3 rings (SSSR count). The second kappa shape index (κ2) is 7.14. The molecule has 0 atom stereocenters. The van der Waals surface area contributed by atoms with Crippen LogP contribution in [0.2, 0.25) is 0 Å². The third kappa shape index (κ3) is 3.61. The second-order valence-corrected chi connectivity index (χ2v) is 6.57. The van der Waals surface area contributed by atoms with Crippen molar-refractivity contribution in [1.82, 2.24) is 9.80 Å². The summed E-state index contributed by atoms with van der Waals surface area (Å²) in [5, 5.41) is 9.86. The number of carbonyl (C=O) groups excluding carboxylic acids is 1. The fourth-order valence-electron chi connectivity index (χ4n) is 3.60. The highest BCUT2D eigenvalue weighted by molar-refractivity contribution is 5.79. The first kappa shape index (κ1) is 15.3. The Morgan fingerprint density at radius 3 is 2.41 bits per heavy atom. The van der Waals surface area contributed by atoms with Crippen LogP contribution in [-0.2, 0) is 11.3 Å². The Kier molecular flexibility index (Phi) is 4.98. The second-order valence-electron chi connectivity index (χ2n) is 6.57. The summed E-state index contributed by atoms with van der Waals surface area (Å²) in [5.41, 5.74) is 0.975. The molecule has 0 spiro atoms. The highest BCUT2D eigenvalue weighted by atomic mass is 16.3. The zero-order chi connectivity index (χ0) is 15.4. The SMILES string of the molecule is O=C(C1CCN(Cc2ccccc2O)CC1)N1CCCCC1. The minimum atomic E-state index is 0.207. The Morgan fingerprint density at radius 2 is 1.73 bits per heavy atom. The number of likely N-dealkylation sites (tertiary alicyclic amines) is 2. The minimum absolute atomic E-state index is 0.207. The average Bonchev–Trinajstić information content (AvgIpc) is 2.58. The van der Waals surface area contributed by atoms with Crippen LogP contribution in [0.3, 0.4) is 0 Å². The van der Waals surface area contributed by atoms with Crippen molar-refractivity contribution in [2.24, 2.45) is 5.92 Å². The lowest BCUT2D eigenvalue weighted by Crippen LogP contribution is -2.44. The number of hydrogen-bond donors (Lipinski definition) is 1. The molecule has 1 aromatic carbocycles. The van der Waals surface area contributed by atoms with Gasteiger partial charge in [-0.2, -0.15) is 0 Å². The molecule has 2 heterocycles. The molecule has 0 aliphatic carbocycles. The van der Waals surface area contributed by atoms with E-state index in [1.54, 1.807) is 6.07 Å². The number of carbonyl (C=O) groups is 1. The van der Waals surface area contributed by atoms with Gasteiger partial charge < -0.3 is 10.0 Å². The molecule has 1 amide bonds. The van der Waals surface area contributed by atoms with Crippen LogP contribution in [0.15, 0.2) is 24.3 Å². The molecule has 0 radical (unpaired) electrons. The minimum Gasteiger partial charge on any atom is -0.508 e. The van der Waals surface area contributed by atoms with Gasteiger partial charge in [0.05, 0.1) is 0 Å². The molecule has 4 nitrogen and oxygen atoms in total. The number of piperidine rings is 2. The molecule has 4 heteroatoms. The molecule has 0 saturated carbocycles. The molecule has 2 saturated heterocycles. The van der Waals surface area contributed by atoms with Gasteiger partial charge in [0.15, 0.2) is 0 Å². The fourth-order valence-corrected chi connectivity index (χ4v) is 3.60. The lowest BCUT2D eigenvalue weighted by atomic mass is 9.94. The van der Waals surface area contributed by atoms with Crippen LogP contribution >= 0.6 is 0 Å². The molecule has 2 fully saturated rings. The van der Waals surface area contributed by atoms with Gasteiger partial charge in [0.1, 0.15) is 5.75 Å². The summed E-state index contributed by atoms with van der Waals surface area (Å²) in [6, 6.07) is 7.52. The summed E-state index contributed by atoms with van der Waals surface area (Å²) < 4.78 is 0. The maximum atomic E-state index is 12.5. The molecule has 1 N–H and O–H groups in total. The first-order valence-electron chi connectivity index (χ1n) is 8.52. The Morgan fingerprint density at radius 1 is 1.05 bits per heavy atom. The van der Waals surface area contributed by atoms with E-state index in [2.05, 4.69) is 9.80 Å². The number of para-hydroxylation sites is 1. The van der Waals surface area contributed by atoms with E-state index in [1.807, 2.05) is 18.2 Å². The quantitative estimate of drug-likeness (QED) is 0.933. The third-order valence-electron chi connectivity index (χ3n) is 4.99. The Hall–Kier alpha value is -1.55. The standard InChI is InChI=1S/C18H26N2O2/c21-17-7-3-2-6-16(17)14-19-12-8-15(9-13-19)18(22)20-10-4-1-5-11-20/h2-3,6-7,15,21H,1,4-5,8-14H2. The van der Waals surface area contributed by atoms with Crippen molar-refractivity contribution in [1.29, 1.82) is 0 Å². The van der Waals surface area contributed by atoms with Crippen molar-refractivity contribution >= 4 is 5.91 Å². The molecule has 0 bridgehead atoms. The third-order valence-corrected chi connectivity index (χ3v) is 4.99. The van der Waals surface area contributed by atoms with E-state index in [4.69, 9.17) is 0 Å². The van der Waals surface area contributed by atoms with Crippen molar-refractivity contribution in [3.63, 3.8) is 0 Å². The first-order valence-corrected chi connectivity index (χ1v) is 8.52. The summed E-state index contributed by atoms with van der Waals surface area (Å²) in [6.07, 6.45) is 5.49. The molecule has 2 aliphatic heterocycles. The van der Waals surface area contributed by atoms with Gasteiger partial charge in [0.25, 0.3) is 0 Å². The van der Waals surface area contributed by atoms with Crippen LogP contribution in [0.4, 0.5) is 0 Å². The van der Waals surface area contributed by atoms with Gasteiger partial charge in [-0.05, 0) is 51.3 Å². The zero-order valence-electron chi connectivity index (χ0n) is 13.2. The predicted molar refractivity (Wildman–Crippen MR) is 86.5 cm³/mol. The summed E-state index contributed by atoms with van der Waals surface area (Å²) in [6.45, 7) is 4.57. The zero-order valence-corrected chi connectivity index (χ0v) is 13.2. The number of aromatic hydroxyl groups is 1. The van der Waals surface area contributed by atoms with Gasteiger partial charge in [-0.1, -0.05) is 18.2 Å². The van der Waals surface area contributed by atoms with Gasteiger partial charge in [-0.15, -0.1) is 0 Å². The summed E-state index contributed by atoms with van der Waals surface area (Å²) in [5.74, 6) is 0.953. The van der Waals surface area contributed by atoms with Crippen molar-refractivity contribution in [2.75, 3.05) is 26.2 Å². The number of hydrogen-bond acceptors (Lipinski definition) is 3. The van der Waals surface area contributed by atoms with Crippen LogP contribution in [0.1, 0.15) is 37.7 Å². The van der Waals surface area contributed by atoms with Gasteiger partial charge in [0, 0.05) is 31.1 Å². The molecular formula is C18H26N2O2. The van der Waals surface area contributed by atoms with Crippen LogP contribution in [0.25, 0.3) is 0 Å². The van der Waals surface area contributed by atoms with Crippen LogP contribution in [-0.4, -0.2) is 47.0 Å². The summed E-state index contributed by atoms with van der Waals surface area (Å²) >= 11 is 0. The van der Waals surface area contributed by atoms with Crippen molar-refractivity contribution < 1.29 is 9.90 Å². The van der Waals surface area contributed by atoms with E-state index in [1.165, 1.54) is 6.42 Å². The molecule has 2 aliphatic rings. The highest BCUT2D eigenvalue weighted by Gasteiger charge is 2.29. The van der Waals surface area contributed by atoms with Gasteiger partial charge in [-0.3, -0.25) is 9.69 Å². The number of rotatable bonds is 3. The first-order chi connectivity index (χ1) is 10.7. The predicted octanol–water partition coefficient (Wildman–Crippen LogP) is 2.62. The number of benzene rings is 1. The van der Waals surface area contributed by atoms with E-state index in [9.17, 15) is 9.90 Å². The van der Waals surface area contributed by atoms with Crippen molar-refractivity contribution in [2.45, 2.75) is 38.6 Å². The van der Waals surface area contributed by atoms with E-state index < -0.39 is 0 Å².